The van der Waals surface area contributed by atoms with Crippen molar-refractivity contribution in [2.24, 2.45) is 0 Å². The molecule has 0 fully saturated rings. The van der Waals surface area contributed by atoms with Crippen LogP contribution in [-0.4, -0.2) is 19.4 Å². The molecule has 1 aliphatic heterocycles. The maximum Gasteiger partial charge on any atom is 0.273 e. The number of nitrogens with one attached hydrogen (secondary N) is 1. The quantitative estimate of drug-likeness (QED) is 0.375. The van der Waals surface area contributed by atoms with Crippen molar-refractivity contribution in [3.05, 3.63) is 98.5 Å². The highest BCUT2D eigenvalue weighted by atomic mass is 35.5. The van der Waals surface area contributed by atoms with Crippen LogP contribution in [0.3, 0.4) is 0 Å². The first-order valence-electron chi connectivity index (χ1n) is 9.93. The topological polar surface area (TPSA) is 86.7 Å². The standard InChI is InChI=1S/C24H17ClN2O4S2/c25-17-10-8-15(9-11-17)14-27-20-12-13-32-22(20)21(28)23(33(27,30)31)24(29)26-19-7-3-5-16-4-1-2-6-18(16)19/h1-13,28H,14H2,(H,26,29). The highest BCUT2D eigenvalue weighted by Crippen LogP contribution is 2.42. The second-order valence-corrected chi connectivity index (χ2v) is 10.6. The molecule has 3 aromatic carbocycles. The predicted octanol–water partition coefficient (Wildman–Crippen LogP) is 5.77. The number of hydrogen-bond donors (Lipinski definition) is 2. The van der Waals surface area contributed by atoms with E-state index in [1.54, 1.807) is 47.8 Å². The smallest absolute Gasteiger partial charge is 0.273 e. The highest BCUT2D eigenvalue weighted by Gasteiger charge is 2.42. The average molecular weight is 497 g/mol. The van der Waals surface area contributed by atoms with Gasteiger partial charge in [0.25, 0.3) is 15.9 Å². The fraction of sp³-hybridized carbons (Fsp3) is 0.0417. The second-order valence-electron chi connectivity index (χ2n) is 7.43. The largest absolute Gasteiger partial charge is 0.505 e. The summed E-state index contributed by atoms with van der Waals surface area (Å²) in [5, 5.41) is 17.4. The Morgan fingerprint density at radius 1 is 1.00 bits per heavy atom. The van der Waals surface area contributed by atoms with Crippen LogP contribution in [0.15, 0.2) is 83.1 Å². The zero-order chi connectivity index (χ0) is 23.2. The van der Waals surface area contributed by atoms with Gasteiger partial charge in [-0.05, 0) is 40.6 Å². The molecule has 2 N–H and O–H groups in total. The molecule has 0 unspecified atom stereocenters. The number of benzene rings is 3. The Morgan fingerprint density at radius 3 is 2.52 bits per heavy atom. The Kier molecular flexibility index (Phi) is 5.36. The van der Waals surface area contributed by atoms with Crippen molar-refractivity contribution < 1.29 is 18.3 Å². The van der Waals surface area contributed by atoms with E-state index in [4.69, 9.17) is 11.6 Å². The van der Waals surface area contributed by atoms with E-state index in [9.17, 15) is 18.3 Å². The van der Waals surface area contributed by atoms with E-state index >= 15 is 0 Å². The molecule has 0 radical (unpaired) electrons. The first-order chi connectivity index (χ1) is 15.9. The average Bonchev–Trinajstić information content (AvgIpc) is 3.28. The maximum atomic E-state index is 13.6. The number of amides is 1. The summed E-state index contributed by atoms with van der Waals surface area (Å²) < 4.78 is 28.3. The van der Waals surface area contributed by atoms with E-state index < -0.39 is 26.6 Å². The van der Waals surface area contributed by atoms with Gasteiger partial charge in [0, 0.05) is 16.1 Å². The van der Waals surface area contributed by atoms with Crippen LogP contribution < -0.4 is 9.62 Å². The van der Waals surface area contributed by atoms with Gasteiger partial charge in [-0.15, -0.1) is 11.3 Å². The third-order valence-electron chi connectivity index (χ3n) is 5.37. The van der Waals surface area contributed by atoms with Gasteiger partial charge in [0.15, 0.2) is 10.7 Å². The third kappa shape index (κ3) is 3.76. The maximum absolute atomic E-state index is 13.6. The lowest BCUT2D eigenvalue weighted by atomic mass is 10.1. The Hall–Kier alpha value is -3.33. The molecule has 0 saturated heterocycles. The van der Waals surface area contributed by atoms with Crippen LogP contribution in [0.2, 0.25) is 5.02 Å². The molecule has 4 aromatic rings. The molecule has 166 valence electrons. The lowest BCUT2D eigenvalue weighted by molar-refractivity contribution is -0.112. The van der Waals surface area contributed by atoms with Crippen LogP contribution in [0, 0.1) is 0 Å². The van der Waals surface area contributed by atoms with E-state index in [2.05, 4.69) is 5.32 Å². The lowest BCUT2D eigenvalue weighted by Gasteiger charge is -2.29. The van der Waals surface area contributed by atoms with Crippen molar-refractivity contribution in [1.29, 1.82) is 0 Å². The zero-order valence-corrected chi connectivity index (χ0v) is 19.4. The molecule has 0 saturated carbocycles. The minimum Gasteiger partial charge on any atom is -0.505 e. The van der Waals surface area contributed by atoms with Gasteiger partial charge in [0.05, 0.1) is 17.1 Å². The van der Waals surface area contributed by atoms with Gasteiger partial charge < -0.3 is 10.4 Å². The zero-order valence-electron chi connectivity index (χ0n) is 17.0. The van der Waals surface area contributed by atoms with E-state index in [0.717, 1.165) is 15.1 Å². The van der Waals surface area contributed by atoms with E-state index in [1.165, 1.54) is 11.3 Å². The van der Waals surface area contributed by atoms with Crippen molar-refractivity contribution in [2.75, 3.05) is 9.62 Å². The number of thiophene rings is 1. The van der Waals surface area contributed by atoms with Crippen LogP contribution in [0.5, 0.6) is 0 Å². The first-order valence-corrected chi connectivity index (χ1v) is 12.6. The van der Waals surface area contributed by atoms with Gasteiger partial charge >= 0.3 is 0 Å². The fourth-order valence-electron chi connectivity index (χ4n) is 3.81. The molecule has 1 aliphatic rings. The summed E-state index contributed by atoms with van der Waals surface area (Å²) in [4.78, 5) is 12.9. The molecule has 0 bridgehead atoms. The number of rotatable bonds is 4. The number of carbonyl (C=O) groups excluding carboxylic acids is 1. The summed E-state index contributed by atoms with van der Waals surface area (Å²) in [6, 6.07) is 21.2. The van der Waals surface area contributed by atoms with Crippen LogP contribution in [-0.2, 0) is 21.4 Å². The molecular formula is C24H17ClN2O4S2. The van der Waals surface area contributed by atoms with Gasteiger partial charge in [-0.1, -0.05) is 60.1 Å². The minimum atomic E-state index is -4.35. The van der Waals surface area contributed by atoms with Crippen LogP contribution in [0.1, 0.15) is 10.4 Å². The summed E-state index contributed by atoms with van der Waals surface area (Å²) >= 11 is 7.12. The van der Waals surface area contributed by atoms with Gasteiger partial charge in [0.1, 0.15) is 0 Å². The molecule has 1 aromatic heterocycles. The second kappa shape index (κ2) is 8.22. The number of aliphatic hydroxyl groups excluding tert-OH is 1. The fourth-order valence-corrected chi connectivity index (χ4v) is 6.48. The summed E-state index contributed by atoms with van der Waals surface area (Å²) in [5.74, 6) is -1.45. The third-order valence-corrected chi connectivity index (χ3v) is 8.34. The van der Waals surface area contributed by atoms with E-state index in [0.29, 0.717) is 26.8 Å². The molecule has 2 heterocycles. The van der Waals surface area contributed by atoms with Crippen molar-refractivity contribution in [3.8, 4) is 0 Å². The van der Waals surface area contributed by atoms with Gasteiger partial charge in [0.2, 0.25) is 0 Å². The van der Waals surface area contributed by atoms with E-state index in [-0.39, 0.29) is 6.54 Å². The van der Waals surface area contributed by atoms with Crippen LogP contribution in [0.4, 0.5) is 11.4 Å². The first kappa shape index (κ1) is 21.5. The number of halogens is 1. The molecule has 33 heavy (non-hydrogen) atoms. The summed E-state index contributed by atoms with van der Waals surface area (Å²) in [6.07, 6.45) is 0. The van der Waals surface area contributed by atoms with E-state index in [1.807, 2.05) is 30.3 Å². The highest BCUT2D eigenvalue weighted by molar-refractivity contribution is 7.97. The van der Waals surface area contributed by atoms with Gasteiger partial charge in [-0.2, -0.15) is 0 Å². The predicted molar refractivity (Wildman–Crippen MR) is 133 cm³/mol. The molecule has 6 nitrogen and oxygen atoms in total. The number of aliphatic hydroxyl groups is 1. The Bertz CT molecular complexity index is 1520. The number of anilines is 2. The normalized spacial score (nSPS) is 14.9. The van der Waals surface area contributed by atoms with Crippen molar-refractivity contribution in [1.82, 2.24) is 0 Å². The molecule has 0 spiro atoms. The summed E-state index contributed by atoms with van der Waals surface area (Å²) in [6.45, 7) is -0.0123. The minimum absolute atomic E-state index is 0.0123. The number of carbonyl (C=O) groups is 1. The molecule has 0 atom stereocenters. The molecule has 0 aliphatic carbocycles. The number of sulfonamides is 1. The molecular weight excluding hydrogens is 480 g/mol. The summed E-state index contributed by atoms with van der Waals surface area (Å²) in [7, 11) is -4.35. The number of nitrogens with zero attached hydrogens (tertiary/aromatic N) is 1. The van der Waals surface area contributed by atoms with Crippen molar-refractivity contribution >= 4 is 66.8 Å². The van der Waals surface area contributed by atoms with Crippen molar-refractivity contribution in [3.63, 3.8) is 0 Å². The van der Waals surface area contributed by atoms with Gasteiger partial charge in [-0.25, -0.2) is 8.42 Å². The number of hydrogen-bond acceptors (Lipinski definition) is 5. The van der Waals surface area contributed by atoms with Crippen molar-refractivity contribution in [2.45, 2.75) is 6.54 Å². The number of fused-ring (bicyclic) bond motifs is 2. The van der Waals surface area contributed by atoms with Crippen LogP contribution in [0.25, 0.3) is 16.5 Å². The Labute approximate surface area is 199 Å². The molecule has 5 rings (SSSR count). The Morgan fingerprint density at radius 2 is 1.73 bits per heavy atom. The monoisotopic (exact) mass is 496 g/mol. The molecule has 9 heteroatoms. The SMILES string of the molecule is O=C(Nc1cccc2ccccc12)C1=C(O)c2sccc2N(Cc2ccc(Cl)cc2)S1(=O)=O. The Balaban J connectivity index is 1.57. The molecule has 1 amide bonds. The van der Waals surface area contributed by atoms with Gasteiger partial charge in [-0.3, -0.25) is 9.10 Å². The van der Waals surface area contributed by atoms with Crippen LogP contribution >= 0.6 is 22.9 Å². The summed E-state index contributed by atoms with van der Waals surface area (Å²) in [5.41, 5.74) is 1.47. The lowest BCUT2D eigenvalue weighted by Crippen LogP contribution is -2.38.